The normalized spacial score (nSPS) is 13.5. The first kappa shape index (κ1) is 18.2. The van der Waals surface area contributed by atoms with Gasteiger partial charge in [0.25, 0.3) is 10.0 Å². The smallest absolute Gasteiger partial charge is 0.250 e. The molecule has 0 heterocycles. The molecular formula is C15H21N3O3S. The van der Waals surface area contributed by atoms with Crippen LogP contribution >= 0.6 is 0 Å². The summed E-state index contributed by atoms with van der Waals surface area (Å²) in [5, 5.41) is 18.0. The second-order valence-electron chi connectivity index (χ2n) is 5.25. The Bertz CT molecular complexity index is 658. The monoisotopic (exact) mass is 323 g/mol. The van der Waals surface area contributed by atoms with E-state index in [0.717, 1.165) is 5.69 Å². The summed E-state index contributed by atoms with van der Waals surface area (Å²) < 4.78 is 26.5. The summed E-state index contributed by atoms with van der Waals surface area (Å²) in [6.07, 6.45) is 1.32. The van der Waals surface area contributed by atoms with Gasteiger partial charge in [-0.15, -0.1) is 0 Å². The van der Waals surface area contributed by atoms with Crippen LogP contribution in [-0.2, 0) is 10.0 Å². The lowest BCUT2D eigenvalue weighted by atomic mass is 10.2. The summed E-state index contributed by atoms with van der Waals surface area (Å²) in [5.41, 5.74) is 1.61. The number of hydrogen-bond acceptors (Lipinski definition) is 5. The van der Waals surface area contributed by atoms with E-state index >= 15 is 0 Å². The number of nitrogens with zero attached hydrogens (tertiary/aromatic N) is 2. The molecule has 2 N–H and O–H groups in total. The first-order valence-corrected chi connectivity index (χ1v) is 8.28. The van der Waals surface area contributed by atoms with E-state index in [0.29, 0.717) is 5.56 Å². The Morgan fingerprint density at radius 2 is 2.00 bits per heavy atom. The average Bonchev–Trinajstić information content (AvgIpc) is 2.50. The first-order chi connectivity index (χ1) is 10.3. The van der Waals surface area contributed by atoms with Crippen molar-refractivity contribution in [2.24, 2.45) is 5.92 Å². The number of nitriles is 1. The SMILES string of the molecule is CC(CO)CNS(=O)(=O)/C(C#N)=C/c1ccc(N(C)C)cc1. The van der Waals surface area contributed by atoms with Crippen molar-refractivity contribution >= 4 is 21.8 Å². The molecule has 120 valence electrons. The zero-order chi connectivity index (χ0) is 16.8. The number of allylic oxidation sites excluding steroid dienone is 1. The van der Waals surface area contributed by atoms with Gasteiger partial charge in [-0.2, -0.15) is 5.26 Å². The van der Waals surface area contributed by atoms with Gasteiger partial charge in [0, 0.05) is 32.9 Å². The molecule has 0 fully saturated rings. The van der Waals surface area contributed by atoms with Crippen LogP contribution in [0.15, 0.2) is 29.2 Å². The van der Waals surface area contributed by atoms with Crippen molar-refractivity contribution in [3.63, 3.8) is 0 Å². The van der Waals surface area contributed by atoms with Crippen LogP contribution in [0.4, 0.5) is 5.69 Å². The Labute approximate surface area is 131 Å². The number of sulfonamides is 1. The average molecular weight is 323 g/mol. The standard InChI is InChI=1S/C15H21N3O3S/c1-12(11-19)10-17-22(20,21)15(9-16)8-13-4-6-14(7-5-13)18(2)3/h4-8,12,17,19H,10-11H2,1-3H3/b15-8+. The van der Waals surface area contributed by atoms with Gasteiger partial charge in [0.05, 0.1) is 0 Å². The number of aliphatic hydroxyl groups excluding tert-OH is 1. The highest BCUT2D eigenvalue weighted by atomic mass is 32.2. The van der Waals surface area contributed by atoms with Crippen LogP contribution in [0, 0.1) is 17.2 Å². The molecule has 0 bridgehead atoms. The number of nitrogens with one attached hydrogen (secondary N) is 1. The van der Waals surface area contributed by atoms with Gasteiger partial charge in [-0.05, 0) is 29.7 Å². The second kappa shape index (κ2) is 7.94. The van der Waals surface area contributed by atoms with E-state index < -0.39 is 10.0 Å². The predicted octanol–water partition coefficient (Wildman–Crippen LogP) is 1.16. The molecule has 7 heteroatoms. The summed E-state index contributed by atoms with van der Waals surface area (Å²) in [6.45, 7) is 1.66. The van der Waals surface area contributed by atoms with Crippen molar-refractivity contribution in [3.05, 3.63) is 34.7 Å². The molecule has 0 amide bonds. The molecule has 6 nitrogen and oxygen atoms in total. The fraction of sp³-hybridized carbons (Fsp3) is 0.400. The number of anilines is 1. The van der Waals surface area contributed by atoms with E-state index in [9.17, 15) is 8.42 Å². The van der Waals surface area contributed by atoms with Gasteiger partial charge in [0.15, 0.2) is 4.91 Å². The molecule has 0 aliphatic rings. The molecule has 0 aliphatic heterocycles. The molecule has 1 aromatic rings. The molecule has 1 atom stereocenters. The van der Waals surface area contributed by atoms with Gasteiger partial charge in [-0.1, -0.05) is 19.1 Å². The summed E-state index contributed by atoms with van der Waals surface area (Å²) in [6, 6.07) is 8.89. The Kier molecular flexibility index (Phi) is 6.56. The molecule has 0 aliphatic carbocycles. The van der Waals surface area contributed by atoms with E-state index in [2.05, 4.69) is 4.72 Å². The minimum atomic E-state index is -3.87. The van der Waals surface area contributed by atoms with E-state index in [-0.39, 0.29) is 24.0 Å². The molecule has 0 saturated carbocycles. The van der Waals surface area contributed by atoms with Crippen LogP contribution in [0.2, 0.25) is 0 Å². The third kappa shape index (κ3) is 5.15. The van der Waals surface area contributed by atoms with E-state index in [1.165, 1.54) is 6.08 Å². The molecule has 0 radical (unpaired) electrons. The van der Waals surface area contributed by atoms with Crippen molar-refractivity contribution in [2.75, 3.05) is 32.1 Å². The zero-order valence-electron chi connectivity index (χ0n) is 12.9. The van der Waals surface area contributed by atoms with Crippen molar-refractivity contribution in [1.82, 2.24) is 4.72 Å². The van der Waals surface area contributed by atoms with Crippen molar-refractivity contribution in [3.8, 4) is 6.07 Å². The van der Waals surface area contributed by atoms with Gasteiger partial charge in [-0.3, -0.25) is 0 Å². The van der Waals surface area contributed by atoms with Crippen LogP contribution < -0.4 is 9.62 Å². The minimum absolute atomic E-state index is 0.0808. The number of hydrogen-bond donors (Lipinski definition) is 2. The van der Waals surface area contributed by atoms with Crippen molar-refractivity contribution in [1.29, 1.82) is 5.26 Å². The van der Waals surface area contributed by atoms with E-state index in [1.54, 1.807) is 25.1 Å². The van der Waals surface area contributed by atoms with Crippen LogP contribution in [0.5, 0.6) is 0 Å². The van der Waals surface area contributed by atoms with Gasteiger partial charge < -0.3 is 10.0 Å². The quantitative estimate of drug-likeness (QED) is 0.735. The Morgan fingerprint density at radius 1 is 1.41 bits per heavy atom. The molecular weight excluding hydrogens is 302 g/mol. The summed E-state index contributed by atoms with van der Waals surface area (Å²) in [7, 11) is -0.0637. The first-order valence-electron chi connectivity index (χ1n) is 6.80. The van der Waals surface area contributed by atoms with Gasteiger partial charge in [0.1, 0.15) is 6.07 Å². The Morgan fingerprint density at radius 3 is 2.45 bits per heavy atom. The Balaban J connectivity index is 2.97. The van der Waals surface area contributed by atoms with Gasteiger partial charge >= 0.3 is 0 Å². The zero-order valence-corrected chi connectivity index (χ0v) is 13.8. The van der Waals surface area contributed by atoms with E-state index in [1.807, 2.05) is 31.1 Å². The highest BCUT2D eigenvalue weighted by molar-refractivity contribution is 7.93. The van der Waals surface area contributed by atoms with E-state index in [4.69, 9.17) is 10.4 Å². The highest BCUT2D eigenvalue weighted by Crippen LogP contribution is 2.16. The molecule has 1 rings (SSSR count). The molecule has 0 aromatic heterocycles. The number of benzene rings is 1. The maximum atomic E-state index is 12.1. The molecule has 0 spiro atoms. The third-order valence-corrected chi connectivity index (χ3v) is 4.38. The molecule has 1 aromatic carbocycles. The molecule has 22 heavy (non-hydrogen) atoms. The maximum Gasteiger partial charge on any atom is 0.250 e. The molecule has 1 unspecified atom stereocenters. The summed E-state index contributed by atoms with van der Waals surface area (Å²) in [4.78, 5) is 1.57. The lowest BCUT2D eigenvalue weighted by Crippen LogP contribution is -2.30. The van der Waals surface area contributed by atoms with Crippen LogP contribution in [-0.4, -0.2) is 40.8 Å². The number of rotatable bonds is 7. The van der Waals surface area contributed by atoms with Gasteiger partial charge in [0.2, 0.25) is 0 Å². The lowest BCUT2D eigenvalue weighted by Gasteiger charge is -2.12. The second-order valence-corrected chi connectivity index (χ2v) is 6.98. The van der Waals surface area contributed by atoms with Crippen molar-refractivity contribution < 1.29 is 13.5 Å². The van der Waals surface area contributed by atoms with Crippen LogP contribution in [0.25, 0.3) is 6.08 Å². The minimum Gasteiger partial charge on any atom is -0.396 e. The number of aliphatic hydroxyl groups is 1. The summed E-state index contributed by atoms with van der Waals surface area (Å²) >= 11 is 0. The maximum absolute atomic E-state index is 12.1. The third-order valence-electron chi connectivity index (χ3n) is 3.04. The van der Waals surface area contributed by atoms with Crippen LogP contribution in [0.3, 0.4) is 0 Å². The lowest BCUT2D eigenvalue weighted by molar-refractivity contribution is 0.239. The fourth-order valence-corrected chi connectivity index (χ4v) is 2.66. The van der Waals surface area contributed by atoms with Crippen molar-refractivity contribution in [2.45, 2.75) is 6.92 Å². The van der Waals surface area contributed by atoms with Crippen LogP contribution in [0.1, 0.15) is 12.5 Å². The van der Waals surface area contributed by atoms with Gasteiger partial charge in [-0.25, -0.2) is 13.1 Å². The Hall–Kier alpha value is -1.88. The predicted molar refractivity (Wildman–Crippen MR) is 87.5 cm³/mol. The topological polar surface area (TPSA) is 93.4 Å². The largest absolute Gasteiger partial charge is 0.396 e. The summed E-state index contributed by atoms with van der Waals surface area (Å²) in [5.74, 6) is -0.214. The fourth-order valence-electron chi connectivity index (χ4n) is 1.58. The molecule has 0 saturated heterocycles. The highest BCUT2D eigenvalue weighted by Gasteiger charge is 2.18.